The lowest BCUT2D eigenvalue weighted by Crippen LogP contribution is -2.56. The SMILES string of the molecule is COc1ccc(N(CC(=O)N(Cc2c(Cl)cccc2Cl)[C@@H](Cc2ccccc2)C(=O)NC(C)(C)C)S(=O)(=O)c2ccc(C)cc2)cc1. The number of benzene rings is 4. The van der Waals surface area contributed by atoms with Crippen LogP contribution in [0.5, 0.6) is 5.75 Å². The molecule has 11 heteroatoms. The minimum Gasteiger partial charge on any atom is -0.497 e. The largest absolute Gasteiger partial charge is 0.497 e. The zero-order chi connectivity index (χ0) is 34.4. The molecule has 8 nitrogen and oxygen atoms in total. The number of aryl methyl sites for hydroxylation is 1. The van der Waals surface area contributed by atoms with Gasteiger partial charge in [-0.1, -0.05) is 77.3 Å². The quantitative estimate of drug-likeness (QED) is 0.171. The summed E-state index contributed by atoms with van der Waals surface area (Å²) in [6, 6.07) is 26.0. The minimum absolute atomic E-state index is 0.0127. The van der Waals surface area contributed by atoms with E-state index in [0.717, 1.165) is 15.4 Å². The van der Waals surface area contributed by atoms with Crippen LogP contribution in [0.25, 0.3) is 0 Å². The third kappa shape index (κ3) is 9.28. The van der Waals surface area contributed by atoms with E-state index >= 15 is 0 Å². The number of nitrogens with zero attached hydrogens (tertiary/aromatic N) is 2. The first-order valence-corrected chi connectivity index (χ1v) is 17.2. The number of sulfonamides is 1. The summed E-state index contributed by atoms with van der Waals surface area (Å²) < 4.78 is 34.7. The summed E-state index contributed by atoms with van der Waals surface area (Å²) in [5.41, 5.74) is 1.75. The van der Waals surface area contributed by atoms with Gasteiger partial charge < -0.3 is 15.0 Å². The molecular formula is C36H39Cl2N3O5S. The lowest BCUT2D eigenvalue weighted by atomic mass is 10.0. The first-order chi connectivity index (χ1) is 22.2. The molecule has 0 aliphatic heterocycles. The number of amides is 2. The number of hydrogen-bond donors (Lipinski definition) is 1. The Kier molecular flexibility index (Phi) is 11.6. The Morgan fingerprint density at radius 2 is 1.45 bits per heavy atom. The van der Waals surface area contributed by atoms with Crippen molar-refractivity contribution in [3.8, 4) is 5.75 Å². The highest BCUT2D eigenvalue weighted by molar-refractivity contribution is 7.92. The molecule has 4 aromatic carbocycles. The highest BCUT2D eigenvalue weighted by Crippen LogP contribution is 2.30. The Labute approximate surface area is 287 Å². The Bertz CT molecular complexity index is 1770. The van der Waals surface area contributed by atoms with Gasteiger partial charge in [-0.2, -0.15) is 0 Å². The zero-order valence-corrected chi connectivity index (χ0v) is 29.4. The predicted molar refractivity (Wildman–Crippen MR) is 188 cm³/mol. The molecule has 0 heterocycles. The second-order valence-corrected chi connectivity index (χ2v) is 14.9. The average Bonchev–Trinajstić information content (AvgIpc) is 3.02. The van der Waals surface area contributed by atoms with Gasteiger partial charge in [0.1, 0.15) is 18.3 Å². The summed E-state index contributed by atoms with van der Waals surface area (Å²) in [7, 11) is -2.74. The smallest absolute Gasteiger partial charge is 0.264 e. The van der Waals surface area contributed by atoms with Crippen LogP contribution in [0.15, 0.2) is 102 Å². The van der Waals surface area contributed by atoms with Crippen LogP contribution in [-0.4, -0.2) is 50.4 Å². The highest BCUT2D eigenvalue weighted by Gasteiger charge is 2.36. The van der Waals surface area contributed by atoms with Crippen LogP contribution >= 0.6 is 23.2 Å². The molecule has 0 saturated heterocycles. The topological polar surface area (TPSA) is 96.0 Å². The van der Waals surface area contributed by atoms with Crippen LogP contribution in [0.3, 0.4) is 0 Å². The molecule has 0 aliphatic carbocycles. The van der Waals surface area contributed by atoms with E-state index in [1.54, 1.807) is 54.6 Å². The fourth-order valence-corrected chi connectivity index (χ4v) is 6.91. The monoisotopic (exact) mass is 695 g/mol. The van der Waals surface area contributed by atoms with Gasteiger partial charge in [-0.15, -0.1) is 0 Å². The molecule has 2 amide bonds. The molecule has 0 aliphatic rings. The van der Waals surface area contributed by atoms with Gasteiger partial charge >= 0.3 is 0 Å². The first-order valence-electron chi connectivity index (χ1n) is 15.0. The van der Waals surface area contributed by atoms with E-state index < -0.39 is 40.0 Å². The lowest BCUT2D eigenvalue weighted by molar-refractivity contribution is -0.140. The number of hydrogen-bond acceptors (Lipinski definition) is 5. The van der Waals surface area contributed by atoms with Gasteiger partial charge in [-0.05, 0) is 81.8 Å². The fraction of sp³-hybridized carbons (Fsp3) is 0.278. The molecule has 0 fully saturated rings. The van der Waals surface area contributed by atoms with Crippen molar-refractivity contribution in [2.75, 3.05) is 18.0 Å². The molecular weight excluding hydrogens is 657 g/mol. The van der Waals surface area contributed by atoms with Crippen LogP contribution < -0.4 is 14.4 Å². The molecule has 1 N–H and O–H groups in total. The third-order valence-corrected chi connectivity index (χ3v) is 9.90. The maximum Gasteiger partial charge on any atom is 0.264 e. The molecule has 4 aromatic rings. The van der Waals surface area contributed by atoms with Crippen molar-refractivity contribution in [1.82, 2.24) is 10.2 Å². The average molecular weight is 697 g/mol. The predicted octanol–water partition coefficient (Wildman–Crippen LogP) is 7.06. The van der Waals surface area contributed by atoms with Crippen LogP contribution in [0.1, 0.15) is 37.5 Å². The van der Waals surface area contributed by atoms with Crippen molar-refractivity contribution in [2.45, 2.75) is 57.1 Å². The lowest BCUT2D eigenvalue weighted by Gasteiger charge is -2.35. The molecule has 0 radical (unpaired) electrons. The number of methoxy groups -OCH3 is 1. The van der Waals surface area contributed by atoms with E-state index in [2.05, 4.69) is 5.32 Å². The van der Waals surface area contributed by atoms with Gasteiger partial charge in [-0.25, -0.2) is 8.42 Å². The summed E-state index contributed by atoms with van der Waals surface area (Å²) >= 11 is 13.2. The molecule has 47 heavy (non-hydrogen) atoms. The van der Waals surface area contributed by atoms with Crippen LogP contribution in [-0.2, 0) is 32.6 Å². The molecule has 0 spiro atoms. The van der Waals surface area contributed by atoms with E-state index in [1.165, 1.54) is 24.1 Å². The summed E-state index contributed by atoms with van der Waals surface area (Å²) in [4.78, 5) is 30.0. The highest BCUT2D eigenvalue weighted by atomic mass is 35.5. The van der Waals surface area contributed by atoms with Crippen LogP contribution in [0.2, 0.25) is 10.0 Å². The van der Waals surface area contributed by atoms with Crippen molar-refractivity contribution in [2.24, 2.45) is 0 Å². The Balaban J connectivity index is 1.85. The maximum atomic E-state index is 14.6. The number of anilines is 1. The molecule has 0 unspecified atom stereocenters. The summed E-state index contributed by atoms with van der Waals surface area (Å²) in [5.74, 6) is -0.516. The van der Waals surface area contributed by atoms with Crippen molar-refractivity contribution < 1.29 is 22.7 Å². The summed E-state index contributed by atoms with van der Waals surface area (Å²) in [6.45, 7) is 6.64. The molecule has 4 rings (SSSR count). The number of halogens is 2. The number of rotatable bonds is 12. The number of carbonyl (C=O) groups is 2. The standard InChI is InChI=1S/C36H39Cl2N3O5S/c1-25-14-20-29(21-15-25)47(44,45)41(27-16-18-28(46-5)19-17-27)24-34(42)40(23-30-31(37)12-9-13-32(30)38)33(35(43)39-36(2,3)4)22-26-10-7-6-8-11-26/h6-21,33H,22-24H2,1-5H3,(H,39,43)/t33-/m0/s1. The molecule has 0 saturated carbocycles. The third-order valence-electron chi connectivity index (χ3n) is 7.41. The maximum absolute atomic E-state index is 14.6. The number of ether oxygens (including phenoxy) is 1. The van der Waals surface area contributed by atoms with E-state index in [0.29, 0.717) is 21.4 Å². The summed E-state index contributed by atoms with van der Waals surface area (Å²) in [5, 5.41) is 3.62. The van der Waals surface area contributed by atoms with Crippen molar-refractivity contribution in [3.05, 3.63) is 124 Å². The van der Waals surface area contributed by atoms with E-state index in [4.69, 9.17) is 27.9 Å². The van der Waals surface area contributed by atoms with Crippen molar-refractivity contribution in [1.29, 1.82) is 0 Å². The van der Waals surface area contributed by atoms with Gasteiger partial charge in [0.05, 0.1) is 17.7 Å². The van der Waals surface area contributed by atoms with Crippen LogP contribution in [0.4, 0.5) is 5.69 Å². The Morgan fingerprint density at radius 3 is 2.00 bits per heavy atom. The van der Waals surface area contributed by atoms with E-state index in [-0.39, 0.29) is 23.5 Å². The summed E-state index contributed by atoms with van der Waals surface area (Å²) in [6.07, 6.45) is 0.157. The fourth-order valence-electron chi connectivity index (χ4n) is 4.98. The molecule has 1 atom stereocenters. The first kappa shape index (κ1) is 35.8. The number of carbonyl (C=O) groups excluding carboxylic acids is 2. The van der Waals surface area contributed by atoms with E-state index in [9.17, 15) is 18.0 Å². The van der Waals surface area contributed by atoms with E-state index in [1.807, 2.05) is 58.0 Å². The normalized spacial score (nSPS) is 12.2. The Hall–Kier alpha value is -4.05. The molecule has 0 aromatic heterocycles. The van der Waals surface area contributed by atoms with Crippen molar-refractivity contribution >= 4 is 50.7 Å². The van der Waals surface area contributed by atoms with Gasteiger partial charge in [0.25, 0.3) is 10.0 Å². The molecule has 248 valence electrons. The van der Waals surface area contributed by atoms with Gasteiger partial charge in [0.2, 0.25) is 11.8 Å². The van der Waals surface area contributed by atoms with Gasteiger partial charge in [0, 0.05) is 34.1 Å². The van der Waals surface area contributed by atoms with Gasteiger partial charge in [-0.3, -0.25) is 13.9 Å². The number of nitrogens with one attached hydrogen (secondary N) is 1. The van der Waals surface area contributed by atoms with Crippen LogP contribution in [0, 0.1) is 6.92 Å². The Morgan fingerprint density at radius 1 is 0.851 bits per heavy atom. The van der Waals surface area contributed by atoms with Gasteiger partial charge in [0.15, 0.2) is 0 Å². The van der Waals surface area contributed by atoms with Crippen molar-refractivity contribution in [3.63, 3.8) is 0 Å². The molecule has 0 bridgehead atoms. The second kappa shape index (κ2) is 15.2. The minimum atomic E-state index is -4.25. The zero-order valence-electron chi connectivity index (χ0n) is 27.0. The second-order valence-electron chi connectivity index (χ2n) is 12.2.